The number of benzene rings is 1. The first-order chi connectivity index (χ1) is 19.3. The van der Waals surface area contributed by atoms with E-state index in [4.69, 9.17) is 35.4 Å². The van der Waals surface area contributed by atoms with Gasteiger partial charge in [0.1, 0.15) is 12.1 Å². The molecule has 0 aliphatic carbocycles. The van der Waals surface area contributed by atoms with Crippen molar-refractivity contribution in [1.29, 1.82) is 0 Å². The Kier molecular flexibility index (Phi) is 12.0. The number of piperidine rings is 1. The van der Waals surface area contributed by atoms with Crippen molar-refractivity contribution in [2.75, 3.05) is 26.2 Å². The Morgan fingerprint density at radius 1 is 1.05 bits per heavy atom. The third-order valence-corrected chi connectivity index (χ3v) is 9.73. The molecule has 0 aromatic heterocycles. The molecule has 15 heteroatoms. The number of halogens is 2. The summed E-state index contributed by atoms with van der Waals surface area (Å²) in [5.74, 6) is -1.84. The number of hydrogen-bond acceptors (Lipinski definition) is 6. The molecule has 0 saturated carbocycles. The van der Waals surface area contributed by atoms with E-state index < -0.39 is 34.0 Å². The maximum Gasteiger partial charge on any atom is 0.326 e. The third-order valence-electron chi connectivity index (χ3n) is 7.15. The van der Waals surface area contributed by atoms with Gasteiger partial charge in [0.25, 0.3) is 0 Å². The van der Waals surface area contributed by atoms with Gasteiger partial charge in [0, 0.05) is 48.7 Å². The number of sulfonamides is 1. The molecule has 41 heavy (non-hydrogen) atoms. The van der Waals surface area contributed by atoms with Crippen LogP contribution < -0.4 is 16.0 Å². The van der Waals surface area contributed by atoms with Gasteiger partial charge in [-0.2, -0.15) is 4.31 Å². The number of carbonyl (C=O) groups is 3. The largest absolute Gasteiger partial charge is 0.480 e. The number of nitrogens with zero attached hydrogens (tertiary/aromatic N) is 2. The molecule has 2 fully saturated rings. The van der Waals surface area contributed by atoms with Crippen LogP contribution in [-0.2, 0) is 24.4 Å². The minimum absolute atomic E-state index is 0.0593. The highest BCUT2D eigenvalue weighted by Gasteiger charge is 2.41. The van der Waals surface area contributed by atoms with E-state index in [-0.39, 0.29) is 52.7 Å². The molecule has 4 N–H and O–H groups in total. The van der Waals surface area contributed by atoms with Gasteiger partial charge in [-0.25, -0.2) is 13.2 Å². The van der Waals surface area contributed by atoms with Crippen molar-refractivity contribution in [2.24, 2.45) is 5.92 Å². The van der Waals surface area contributed by atoms with E-state index in [0.29, 0.717) is 37.1 Å². The van der Waals surface area contributed by atoms with E-state index in [1.165, 1.54) is 18.2 Å². The second-order valence-corrected chi connectivity index (χ2v) is 13.8. The molecule has 0 unspecified atom stereocenters. The Labute approximate surface area is 256 Å². The molecule has 2 aliphatic rings. The number of nitrogens with one attached hydrogen (secondary N) is 3. The van der Waals surface area contributed by atoms with Crippen LogP contribution in [0.15, 0.2) is 23.1 Å². The number of carboxylic acid groups (broad SMARTS) is 1. The van der Waals surface area contributed by atoms with E-state index >= 15 is 0 Å². The summed E-state index contributed by atoms with van der Waals surface area (Å²) < 4.78 is 27.5. The summed E-state index contributed by atoms with van der Waals surface area (Å²) in [6.07, 6.45) is 2.08. The first-order valence-corrected chi connectivity index (χ1v) is 16.2. The molecule has 0 spiro atoms. The number of aliphatic carboxylic acids is 1. The third kappa shape index (κ3) is 9.40. The van der Waals surface area contributed by atoms with Crippen LogP contribution in [0.3, 0.4) is 0 Å². The fourth-order valence-electron chi connectivity index (χ4n) is 4.99. The van der Waals surface area contributed by atoms with Crippen molar-refractivity contribution >= 4 is 68.3 Å². The van der Waals surface area contributed by atoms with Gasteiger partial charge in [0.05, 0.1) is 4.90 Å². The molecule has 0 radical (unpaired) electrons. The second-order valence-electron chi connectivity index (χ2n) is 10.7. The average molecular weight is 651 g/mol. The van der Waals surface area contributed by atoms with Gasteiger partial charge < -0.3 is 26.0 Å². The lowest BCUT2D eigenvalue weighted by molar-refractivity contribution is -0.143. The normalized spacial score (nSPS) is 19.1. The predicted molar refractivity (Wildman–Crippen MR) is 160 cm³/mol. The molecule has 2 saturated heterocycles. The summed E-state index contributed by atoms with van der Waals surface area (Å²) in [5, 5.41) is 19.4. The van der Waals surface area contributed by atoms with Crippen molar-refractivity contribution in [3.05, 3.63) is 28.2 Å². The zero-order valence-electron chi connectivity index (χ0n) is 23.1. The SMILES string of the molecule is CC(C)NC(=S)NCC1CCN(C(=O)CC[C@H](NC(=O)[C@@H]2CCCN2S(=O)(=O)c2cc(Cl)cc(Cl)c2)C(=O)O)CC1. The summed E-state index contributed by atoms with van der Waals surface area (Å²) in [5.41, 5.74) is 0. The monoisotopic (exact) mass is 649 g/mol. The van der Waals surface area contributed by atoms with Crippen molar-refractivity contribution in [1.82, 2.24) is 25.2 Å². The summed E-state index contributed by atoms with van der Waals surface area (Å²) in [7, 11) is -4.11. The lowest BCUT2D eigenvalue weighted by atomic mass is 9.96. The smallest absolute Gasteiger partial charge is 0.326 e. The van der Waals surface area contributed by atoms with E-state index in [0.717, 1.165) is 17.1 Å². The van der Waals surface area contributed by atoms with E-state index in [1.54, 1.807) is 4.90 Å². The fraction of sp³-hybridized carbons (Fsp3) is 0.615. The Morgan fingerprint density at radius 2 is 1.68 bits per heavy atom. The lowest BCUT2D eigenvalue weighted by Crippen LogP contribution is -2.51. The lowest BCUT2D eigenvalue weighted by Gasteiger charge is -2.32. The number of thiocarbonyl (C=S) groups is 1. The first kappa shape index (κ1) is 33.3. The maximum absolute atomic E-state index is 13.3. The van der Waals surface area contributed by atoms with Gasteiger partial charge in [-0.3, -0.25) is 9.59 Å². The van der Waals surface area contributed by atoms with Crippen molar-refractivity contribution in [2.45, 2.75) is 75.4 Å². The molecule has 1 aromatic carbocycles. The Balaban J connectivity index is 1.52. The molecule has 1 aromatic rings. The van der Waals surface area contributed by atoms with Crippen molar-refractivity contribution < 1.29 is 27.9 Å². The van der Waals surface area contributed by atoms with Crippen LogP contribution in [0.4, 0.5) is 0 Å². The molecular formula is C26H37Cl2N5O6S2. The number of carboxylic acids is 1. The van der Waals surface area contributed by atoms with Gasteiger partial charge in [-0.05, 0) is 82.3 Å². The van der Waals surface area contributed by atoms with Crippen LogP contribution in [-0.4, -0.2) is 89.9 Å². The van der Waals surface area contributed by atoms with Crippen LogP contribution in [0.1, 0.15) is 52.4 Å². The molecule has 228 valence electrons. The Morgan fingerprint density at radius 3 is 2.27 bits per heavy atom. The van der Waals surface area contributed by atoms with Gasteiger partial charge in [-0.15, -0.1) is 0 Å². The Hall–Kier alpha value is -2.19. The molecule has 2 amide bonds. The molecule has 2 atom stereocenters. The highest BCUT2D eigenvalue weighted by Crippen LogP contribution is 2.30. The number of amides is 2. The summed E-state index contributed by atoms with van der Waals surface area (Å²) >= 11 is 17.2. The number of carbonyl (C=O) groups excluding carboxylic acids is 2. The van der Waals surface area contributed by atoms with Gasteiger partial charge in [0.15, 0.2) is 5.11 Å². The fourth-order valence-corrected chi connectivity index (χ4v) is 7.69. The summed E-state index contributed by atoms with van der Waals surface area (Å²) in [6, 6.07) is 1.71. The van der Waals surface area contributed by atoms with E-state index in [1.807, 2.05) is 13.8 Å². The summed E-state index contributed by atoms with van der Waals surface area (Å²) in [6.45, 7) is 5.93. The molecule has 3 rings (SSSR count). The second kappa shape index (κ2) is 14.8. The van der Waals surface area contributed by atoms with Crippen LogP contribution in [0, 0.1) is 5.92 Å². The van der Waals surface area contributed by atoms with Crippen molar-refractivity contribution in [3.8, 4) is 0 Å². The van der Waals surface area contributed by atoms with Crippen LogP contribution >= 0.6 is 35.4 Å². The topological polar surface area (TPSA) is 148 Å². The van der Waals surface area contributed by atoms with E-state index in [2.05, 4.69) is 16.0 Å². The highest BCUT2D eigenvalue weighted by molar-refractivity contribution is 7.89. The highest BCUT2D eigenvalue weighted by atomic mass is 35.5. The number of rotatable bonds is 11. The predicted octanol–water partition coefficient (Wildman–Crippen LogP) is 2.61. The van der Waals surface area contributed by atoms with Crippen LogP contribution in [0.25, 0.3) is 0 Å². The van der Waals surface area contributed by atoms with Crippen LogP contribution in [0.2, 0.25) is 10.0 Å². The average Bonchev–Trinajstić information content (AvgIpc) is 3.40. The number of hydrogen-bond donors (Lipinski definition) is 4. The molecule has 0 bridgehead atoms. The van der Waals surface area contributed by atoms with Crippen molar-refractivity contribution in [3.63, 3.8) is 0 Å². The standard InChI is InChI=1S/C26H37Cl2N5O6S2/c1-16(2)30-26(40)29-15-17-7-10-32(11-8-17)23(34)6-5-21(25(36)37)31-24(35)22-4-3-9-33(22)41(38,39)20-13-18(27)12-19(28)14-20/h12-14,16-17,21-22H,3-11,15H2,1-2H3,(H,31,35)(H,36,37)(H2,29,30,40)/t21-,22-/m0/s1. The maximum atomic E-state index is 13.3. The zero-order valence-corrected chi connectivity index (χ0v) is 26.2. The van der Waals surface area contributed by atoms with Gasteiger partial charge >= 0.3 is 5.97 Å². The minimum Gasteiger partial charge on any atom is -0.480 e. The molecule has 11 nitrogen and oxygen atoms in total. The molecule has 2 heterocycles. The summed E-state index contributed by atoms with van der Waals surface area (Å²) in [4.78, 5) is 39.4. The van der Waals surface area contributed by atoms with Crippen LogP contribution in [0.5, 0.6) is 0 Å². The molecule has 2 aliphatic heterocycles. The van der Waals surface area contributed by atoms with Gasteiger partial charge in [0.2, 0.25) is 21.8 Å². The van der Waals surface area contributed by atoms with Gasteiger partial charge in [-0.1, -0.05) is 23.2 Å². The van der Waals surface area contributed by atoms with E-state index in [9.17, 15) is 27.9 Å². The zero-order chi connectivity index (χ0) is 30.3. The Bertz CT molecular complexity index is 1220. The quantitative estimate of drug-likeness (QED) is 0.266. The minimum atomic E-state index is -4.11. The molecular weight excluding hydrogens is 613 g/mol. The first-order valence-electron chi connectivity index (χ1n) is 13.6. The number of likely N-dealkylation sites (tertiary alicyclic amines) is 1.